The van der Waals surface area contributed by atoms with Crippen LogP contribution in [0.2, 0.25) is 10.0 Å². The van der Waals surface area contributed by atoms with Crippen molar-refractivity contribution in [3.05, 3.63) is 69.2 Å². The molecule has 0 unspecified atom stereocenters. The number of hydrogen-bond acceptors (Lipinski definition) is 3. The molecule has 8 heteroatoms. The number of nitriles is 1. The van der Waals surface area contributed by atoms with Gasteiger partial charge in [-0.25, -0.2) is 4.98 Å². The Morgan fingerprint density at radius 1 is 1.07 bits per heavy atom. The number of rotatable bonds is 2. The lowest BCUT2D eigenvalue weighted by molar-refractivity contribution is -0.137. The van der Waals surface area contributed by atoms with Crippen molar-refractivity contribution in [2.24, 2.45) is 0 Å². The van der Waals surface area contributed by atoms with E-state index in [4.69, 9.17) is 28.9 Å². The van der Waals surface area contributed by atoms with Crippen molar-refractivity contribution in [2.45, 2.75) is 13.1 Å². The second-order valence-corrected chi connectivity index (χ2v) is 6.88. The molecule has 0 saturated carbocycles. The van der Waals surface area contributed by atoms with Crippen LogP contribution in [0.5, 0.6) is 0 Å². The van der Waals surface area contributed by atoms with E-state index in [0.717, 1.165) is 12.1 Å². The number of nitrogens with two attached hydrogens (primary N) is 1. The third kappa shape index (κ3) is 3.64. The number of nitrogens with zero attached hydrogens (tertiary/aromatic N) is 2. The topological polar surface area (TPSA) is 62.7 Å². The zero-order chi connectivity index (χ0) is 20.6. The number of nitrogen functional groups attached to an aromatic ring is 1. The number of pyridine rings is 1. The second kappa shape index (κ2) is 7.34. The maximum atomic E-state index is 12.9. The maximum Gasteiger partial charge on any atom is 0.416 e. The van der Waals surface area contributed by atoms with Gasteiger partial charge in [0.25, 0.3) is 0 Å². The van der Waals surface area contributed by atoms with Gasteiger partial charge in [-0.1, -0.05) is 35.3 Å². The smallest absolute Gasteiger partial charge is 0.383 e. The lowest BCUT2D eigenvalue weighted by Gasteiger charge is -2.16. The van der Waals surface area contributed by atoms with E-state index in [-0.39, 0.29) is 11.4 Å². The molecule has 3 nitrogen and oxygen atoms in total. The van der Waals surface area contributed by atoms with E-state index in [1.807, 2.05) is 6.07 Å². The van der Waals surface area contributed by atoms with E-state index in [1.165, 1.54) is 12.1 Å². The summed E-state index contributed by atoms with van der Waals surface area (Å²) in [6, 6.07) is 11.4. The van der Waals surface area contributed by atoms with Gasteiger partial charge >= 0.3 is 6.18 Å². The fraction of sp³-hybridized carbons (Fsp3) is 0.100. The average molecular weight is 422 g/mol. The van der Waals surface area contributed by atoms with Gasteiger partial charge in [-0.15, -0.1) is 0 Å². The summed E-state index contributed by atoms with van der Waals surface area (Å²) in [5.74, 6) is -0.0379. The number of alkyl halides is 3. The van der Waals surface area contributed by atoms with Crippen LogP contribution in [-0.2, 0) is 6.18 Å². The quantitative estimate of drug-likeness (QED) is 0.513. The van der Waals surface area contributed by atoms with Crippen LogP contribution < -0.4 is 5.73 Å². The average Bonchev–Trinajstić information content (AvgIpc) is 2.63. The summed E-state index contributed by atoms with van der Waals surface area (Å²) < 4.78 is 38.6. The Hall–Kier alpha value is -2.75. The Balaban J connectivity index is 2.26. The molecule has 1 aromatic heterocycles. The van der Waals surface area contributed by atoms with Crippen LogP contribution in [0.15, 0.2) is 42.5 Å². The summed E-state index contributed by atoms with van der Waals surface area (Å²) in [4.78, 5) is 4.29. The van der Waals surface area contributed by atoms with Crippen LogP contribution in [0.4, 0.5) is 19.0 Å². The van der Waals surface area contributed by atoms with Crippen LogP contribution in [0.1, 0.15) is 16.7 Å². The summed E-state index contributed by atoms with van der Waals surface area (Å²) in [6.45, 7) is 1.71. The molecule has 1 heterocycles. The van der Waals surface area contributed by atoms with Gasteiger partial charge in [0.15, 0.2) is 0 Å². The highest BCUT2D eigenvalue weighted by atomic mass is 35.5. The highest BCUT2D eigenvalue weighted by Crippen LogP contribution is 2.39. The molecule has 0 fully saturated rings. The van der Waals surface area contributed by atoms with Gasteiger partial charge in [-0.3, -0.25) is 0 Å². The SMILES string of the molecule is Cc1c(-c2ccc(Cl)cc2Cl)nc(N)c(C#N)c1-c1ccc(C(F)(F)F)cc1. The zero-order valence-electron chi connectivity index (χ0n) is 14.4. The predicted molar refractivity (Wildman–Crippen MR) is 104 cm³/mol. The zero-order valence-corrected chi connectivity index (χ0v) is 15.9. The lowest BCUT2D eigenvalue weighted by Crippen LogP contribution is -2.05. The molecule has 0 amide bonds. The second-order valence-electron chi connectivity index (χ2n) is 6.03. The fourth-order valence-electron chi connectivity index (χ4n) is 2.94. The van der Waals surface area contributed by atoms with Crippen molar-refractivity contribution in [3.8, 4) is 28.5 Å². The van der Waals surface area contributed by atoms with Crippen molar-refractivity contribution in [1.82, 2.24) is 4.98 Å². The molecule has 2 N–H and O–H groups in total. The third-order valence-corrected chi connectivity index (χ3v) is 4.82. The first-order valence-corrected chi connectivity index (χ1v) is 8.72. The van der Waals surface area contributed by atoms with Crippen LogP contribution in [-0.4, -0.2) is 4.98 Å². The summed E-state index contributed by atoms with van der Waals surface area (Å²) in [5.41, 5.74) is 7.64. The van der Waals surface area contributed by atoms with E-state index < -0.39 is 11.7 Å². The molecule has 0 saturated heterocycles. The molecule has 0 aliphatic rings. The first-order chi connectivity index (χ1) is 13.1. The van der Waals surface area contributed by atoms with Crippen molar-refractivity contribution in [1.29, 1.82) is 5.26 Å². The summed E-state index contributed by atoms with van der Waals surface area (Å²) in [7, 11) is 0. The van der Waals surface area contributed by atoms with E-state index in [1.54, 1.807) is 25.1 Å². The van der Waals surface area contributed by atoms with E-state index >= 15 is 0 Å². The van der Waals surface area contributed by atoms with Gasteiger partial charge < -0.3 is 5.73 Å². The number of aromatic nitrogens is 1. The van der Waals surface area contributed by atoms with Crippen molar-refractivity contribution >= 4 is 29.0 Å². The van der Waals surface area contributed by atoms with Gasteiger partial charge in [-0.2, -0.15) is 18.4 Å². The number of benzene rings is 2. The van der Waals surface area contributed by atoms with Gasteiger partial charge in [0.2, 0.25) is 0 Å². The maximum absolute atomic E-state index is 12.9. The lowest BCUT2D eigenvalue weighted by atomic mass is 9.92. The number of hydrogen-bond donors (Lipinski definition) is 1. The highest BCUT2D eigenvalue weighted by molar-refractivity contribution is 6.36. The van der Waals surface area contributed by atoms with Gasteiger partial charge in [-0.05, 0) is 48.4 Å². The predicted octanol–water partition coefficient (Wildman–Crippen LogP) is 6.50. The molecular weight excluding hydrogens is 410 g/mol. The highest BCUT2D eigenvalue weighted by Gasteiger charge is 2.30. The minimum absolute atomic E-state index is 0.0379. The summed E-state index contributed by atoms with van der Waals surface area (Å²) in [5, 5.41) is 10.3. The molecule has 0 bridgehead atoms. The largest absolute Gasteiger partial charge is 0.416 e. The Morgan fingerprint density at radius 3 is 2.25 bits per heavy atom. The molecule has 2 aromatic carbocycles. The Labute approximate surface area is 169 Å². The molecular formula is C20H12Cl2F3N3. The molecule has 0 radical (unpaired) electrons. The molecule has 0 atom stereocenters. The van der Waals surface area contributed by atoms with Crippen molar-refractivity contribution < 1.29 is 13.2 Å². The first kappa shape index (κ1) is 20.0. The standard InChI is InChI=1S/C20H12Cl2F3N3/c1-10-17(11-2-4-12(5-3-11)20(23,24)25)15(9-26)19(27)28-18(10)14-7-6-13(21)8-16(14)22/h2-8H,1H3,(H2,27,28). The molecule has 0 aliphatic heterocycles. The third-order valence-electron chi connectivity index (χ3n) is 4.27. The van der Waals surface area contributed by atoms with E-state index in [9.17, 15) is 18.4 Å². The minimum atomic E-state index is -4.45. The van der Waals surface area contributed by atoms with Crippen molar-refractivity contribution in [2.75, 3.05) is 5.73 Å². The summed E-state index contributed by atoms with van der Waals surface area (Å²) in [6.07, 6.45) is -4.45. The molecule has 142 valence electrons. The first-order valence-electron chi connectivity index (χ1n) is 7.96. The van der Waals surface area contributed by atoms with Crippen LogP contribution in [0.25, 0.3) is 22.4 Å². The van der Waals surface area contributed by atoms with Crippen LogP contribution in [0.3, 0.4) is 0 Å². The number of halogens is 5. The minimum Gasteiger partial charge on any atom is -0.383 e. The summed E-state index contributed by atoms with van der Waals surface area (Å²) >= 11 is 12.2. The van der Waals surface area contributed by atoms with E-state index in [0.29, 0.717) is 38.0 Å². The fourth-order valence-corrected chi connectivity index (χ4v) is 3.44. The molecule has 3 aromatic rings. The van der Waals surface area contributed by atoms with Crippen LogP contribution in [0, 0.1) is 18.3 Å². The van der Waals surface area contributed by atoms with Crippen molar-refractivity contribution in [3.63, 3.8) is 0 Å². The molecule has 28 heavy (non-hydrogen) atoms. The van der Waals surface area contributed by atoms with Gasteiger partial charge in [0.1, 0.15) is 17.5 Å². The molecule has 0 aliphatic carbocycles. The Kier molecular flexibility index (Phi) is 5.24. The monoisotopic (exact) mass is 421 g/mol. The Morgan fingerprint density at radius 2 is 1.71 bits per heavy atom. The Bertz CT molecular complexity index is 1100. The van der Waals surface area contributed by atoms with Gasteiger partial charge in [0.05, 0.1) is 16.3 Å². The molecule has 0 spiro atoms. The normalized spacial score (nSPS) is 11.3. The number of anilines is 1. The molecule has 3 rings (SSSR count). The van der Waals surface area contributed by atoms with Crippen LogP contribution >= 0.6 is 23.2 Å². The van der Waals surface area contributed by atoms with E-state index in [2.05, 4.69) is 4.98 Å². The van der Waals surface area contributed by atoms with Gasteiger partial charge in [0, 0.05) is 16.1 Å².